The molecule has 0 fully saturated rings. The molecule has 1 aromatic heterocycles. The van der Waals surface area contributed by atoms with Crippen LogP contribution in [0.1, 0.15) is 16.1 Å². The second-order valence-electron chi connectivity index (χ2n) is 5.07. The van der Waals surface area contributed by atoms with Gasteiger partial charge in [-0.1, -0.05) is 35.9 Å². The molecule has 0 radical (unpaired) electrons. The molecule has 3 rings (SSSR count). The van der Waals surface area contributed by atoms with E-state index < -0.39 is 0 Å². The number of rotatable bonds is 5. The van der Waals surface area contributed by atoms with Gasteiger partial charge in [-0.3, -0.25) is 4.79 Å². The number of nitrogens with one attached hydrogen (secondary N) is 1. The third-order valence-electron chi connectivity index (χ3n) is 3.48. The molecule has 1 heterocycles. The number of benzene rings is 2. The molecule has 0 aliphatic heterocycles. The number of halogens is 1. The fraction of sp³-hybridized carbons (Fsp3) is 0.111. The average Bonchev–Trinajstić information content (AvgIpc) is 3.10. The van der Waals surface area contributed by atoms with Gasteiger partial charge < -0.3 is 9.73 Å². The fourth-order valence-electron chi connectivity index (χ4n) is 2.25. The van der Waals surface area contributed by atoms with Gasteiger partial charge in [0.1, 0.15) is 0 Å². The van der Waals surface area contributed by atoms with Crippen molar-refractivity contribution in [3.05, 3.63) is 71.2 Å². The molecule has 6 heteroatoms. The van der Waals surface area contributed by atoms with Gasteiger partial charge in [0.15, 0.2) is 17.8 Å². The van der Waals surface area contributed by atoms with Crippen LogP contribution in [0.15, 0.2) is 64.2 Å². The van der Waals surface area contributed by atoms with Gasteiger partial charge in [0.2, 0.25) is 0 Å². The van der Waals surface area contributed by atoms with Crippen molar-refractivity contribution in [2.45, 2.75) is 11.4 Å². The first-order valence-corrected chi connectivity index (χ1v) is 8.88. The van der Waals surface area contributed by atoms with Crippen molar-refractivity contribution < 1.29 is 9.21 Å². The second-order valence-corrected chi connectivity index (χ2v) is 6.39. The number of nitrogens with zero attached hydrogens (tertiary/aromatic N) is 1. The van der Waals surface area contributed by atoms with Gasteiger partial charge >= 0.3 is 0 Å². The van der Waals surface area contributed by atoms with E-state index >= 15 is 0 Å². The predicted molar refractivity (Wildman–Crippen MR) is 96.3 cm³/mol. The molecule has 1 N–H and O–H groups in total. The topological polar surface area (TPSA) is 55.1 Å². The monoisotopic (exact) mass is 358 g/mol. The molecule has 122 valence electrons. The van der Waals surface area contributed by atoms with Crippen LogP contribution in [0.2, 0.25) is 5.02 Å². The van der Waals surface area contributed by atoms with Crippen molar-refractivity contribution in [1.82, 2.24) is 10.3 Å². The van der Waals surface area contributed by atoms with Crippen LogP contribution >= 0.6 is 23.4 Å². The summed E-state index contributed by atoms with van der Waals surface area (Å²) in [5.41, 5.74) is 1.99. The smallest absolute Gasteiger partial charge is 0.274 e. The summed E-state index contributed by atoms with van der Waals surface area (Å²) in [6, 6.07) is 15.2. The van der Waals surface area contributed by atoms with Gasteiger partial charge in [-0.2, -0.15) is 0 Å². The zero-order valence-electron chi connectivity index (χ0n) is 13.0. The Bertz CT molecular complexity index is 846. The highest BCUT2D eigenvalue weighted by molar-refractivity contribution is 7.98. The van der Waals surface area contributed by atoms with Gasteiger partial charge in [0, 0.05) is 22.0 Å². The molecular formula is C18H15ClN2O2S. The zero-order chi connectivity index (χ0) is 16.9. The number of carbonyl (C=O) groups excluding carboxylic acids is 1. The van der Waals surface area contributed by atoms with E-state index in [0.29, 0.717) is 17.3 Å². The molecule has 2 aromatic carbocycles. The third kappa shape index (κ3) is 3.80. The lowest BCUT2D eigenvalue weighted by molar-refractivity contribution is 0.0947. The standard InChI is InChI=1S/C18H15ClN2O2S/c1-24-15-7-5-12(6-8-15)10-20-18(22)16-17(23-11-21-16)13-3-2-4-14(19)9-13/h2-9,11H,10H2,1H3,(H,20,22). The van der Waals surface area contributed by atoms with Gasteiger partial charge in [-0.05, 0) is 36.1 Å². The van der Waals surface area contributed by atoms with E-state index in [9.17, 15) is 4.79 Å². The first kappa shape index (κ1) is 16.6. The summed E-state index contributed by atoms with van der Waals surface area (Å²) >= 11 is 7.68. The Kier molecular flexibility index (Phi) is 5.23. The Balaban J connectivity index is 1.73. The minimum absolute atomic E-state index is 0.248. The summed E-state index contributed by atoms with van der Waals surface area (Å²) in [4.78, 5) is 17.6. The Morgan fingerprint density at radius 1 is 1.25 bits per heavy atom. The van der Waals surface area contributed by atoms with Crippen LogP contribution in [0.4, 0.5) is 0 Å². The lowest BCUT2D eigenvalue weighted by Gasteiger charge is -2.06. The van der Waals surface area contributed by atoms with Crippen molar-refractivity contribution in [3.63, 3.8) is 0 Å². The number of carbonyl (C=O) groups is 1. The van der Waals surface area contributed by atoms with E-state index in [1.165, 1.54) is 11.3 Å². The number of amides is 1. The van der Waals surface area contributed by atoms with Crippen LogP contribution in [-0.2, 0) is 6.54 Å². The molecule has 0 saturated carbocycles. The summed E-state index contributed by atoms with van der Waals surface area (Å²) in [5.74, 6) is 0.125. The van der Waals surface area contributed by atoms with E-state index in [-0.39, 0.29) is 11.6 Å². The first-order chi connectivity index (χ1) is 11.7. The first-order valence-electron chi connectivity index (χ1n) is 7.28. The van der Waals surface area contributed by atoms with E-state index in [4.69, 9.17) is 16.0 Å². The van der Waals surface area contributed by atoms with E-state index in [0.717, 1.165) is 11.1 Å². The number of hydrogen-bond acceptors (Lipinski definition) is 4. The highest BCUT2D eigenvalue weighted by Gasteiger charge is 2.18. The highest BCUT2D eigenvalue weighted by atomic mass is 35.5. The minimum atomic E-state index is -0.285. The van der Waals surface area contributed by atoms with Crippen molar-refractivity contribution in [2.75, 3.05) is 6.26 Å². The maximum absolute atomic E-state index is 12.4. The number of hydrogen-bond donors (Lipinski definition) is 1. The molecule has 0 atom stereocenters. The summed E-state index contributed by atoms with van der Waals surface area (Å²) in [5, 5.41) is 3.44. The van der Waals surface area contributed by atoms with Crippen molar-refractivity contribution in [3.8, 4) is 11.3 Å². The molecule has 3 aromatic rings. The average molecular weight is 359 g/mol. The molecule has 0 unspecified atom stereocenters. The zero-order valence-corrected chi connectivity index (χ0v) is 14.5. The molecule has 4 nitrogen and oxygen atoms in total. The molecule has 0 aliphatic rings. The van der Waals surface area contributed by atoms with Crippen LogP contribution in [0.3, 0.4) is 0 Å². The Hall–Kier alpha value is -2.24. The lowest BCUT2D eigenvalue weighted by Crippen LogP contribution is -2.23. The van der Waals surface area contributed by atoms with Crippen molar-refractivity contribution >= 4 is 29.3 Å². The van der Waals surface area contributed by atoms with Gasteiger partial charge in [0.05, 0.1) is 0 Å². The molecular weight excluding hydrogens is 344 g/mol. The van der Waals surface area contributed by atoms with Crippen molar-refractivity contribution in [1.29, 1.82) is 0 Å². The quantitative estimate of drug-likeness (QED) is 0.675. The lowest BCUT2D eigenvalue weighted by atomic mass is 10.1. The van der Waals surface area contributed by atoms with Crippen LogP contribution in [0.5, 0.6) is 0 Å². The largest absolute Gasteiger partial charge is 0.443 e. The molecule has 24 heavy (non-hydrogen) atoms. The van der Waals surface area contributed by atoms with Crippen LogP contribution in [-0.4, -0.2) is 17.1 Å². The minimum Gasteiger partial charge on any atom is -0.443 e. The SMILES string of the molecule is CSc1ccc(CNC(=O)c2ncoc2-c2cccc(Cl)c2)cc1. The normalized spacial score (nSPS) is 10.6. The van der Waals surface area contributed by atoms with Gasteiger partial charge in [0.25, 0.3) is 5.91 Å². The maximum atomic E-state index is 12.4. The van der Waals surface area contributed by atoms with Crippen molar-refractivity contribution in [2.24, 2.45) is 0 Å². The van der Waals surface area contributed by atoms with Crippen LogP contribution in [0.25, 0.3) is 11.3 Å². The maximum Gasteiger partial charge on any atom is 0.274 e. The van der Waals surface area contributed by atoms with Crippen LogP contribution < -0.4 is 5.32 Å². The summed E-state index contributed by atoms with van der Waals surface area (Å²) in [6.07, 6.45) is 3.29. The summed E-state index contributed by atoms with van der Waals surface area (Å²) < 4.78 is 5.38. The predicted octanol–water partition coefficient (Wildman–Crippen LogP) is 4.65. The molecule has 1 amide bonds. The number of aromatic nitrogens is 1. The molecule has 0 spiro atoms. The van der Waals surface area contributed by atoms with E-state index in [2.05, 4.69) is 10.3 Å². The van der Waals surface area contributed by atoms with E-state index in [1.54, 1.807) is 30.0 Å². The Morgan fingerprint density at radius 2 is 2.04 bits per heavy atom. The Labute approximate surface area is 149 Å². The fourth-order valence-corrected chi connectivity index (χ4v) is 2.85. The molecule has 0 aliphatic carbocycles. The number of oxazole rings is 1. The van der Waals surface area contributed by atoms with Gasteiger partial charge in [-0.15, -0.1) is 11.8 Å². The molecule has 0 saturated heterocycles. The number of thioether (sulfide) groups is 1. The Morgan fingerprint density at radius 3 is 2.75 bits per heavy atom. The highest BCUT2D eigenvalue weighted by Crippen LogP contribution is 2.25. The summed E-state index contributed by atoms with van der Waals surface area (Å²) in [6.45, 7) is 0.426. The van der Waals surface area contributed by atoms with E-state index in [1.807, 2.05) is 36.6 Å². The van der Waals surface area contributed by atoms with Gasteiger partial charge in [-0.25, -0.2) is 4.98 Å². The van der Waals surface area contributed by atoms with Crippen LogP contribution in [0, 0.1) is 0 Å². The molecule has 0 bridgehead atoms. The third-order valence-corrected chi connectivity index (χ3v) is 4.46. The second kappa shape index (κ2) is 7.55. The summed E-state index contributed by atoms with van der Waals surface area (Å²) in [7, 11) is 0.